The van der Waals surface area contributed by atoms with E-state index in [9.17, 15) is 9.59 Å². The number of likely N-dealkylation sites (tertiary alicyclic amines) is 1. The highest BCUT2D eigenvalue weighted by atomic mass is 79.9. The minimum Gasteiger partial charge on any atom is -0.342 e. The van der Waals surface area contributed by atoms with Gasteiger partial charge in [0.15, 0.2) is 0 Å². The second-order valence-corrected chi connectivity index (χ2v) is 7.72. The Kier molecular flexibility index (Phi) is 3.89. The molecule has 5 nitrogen and oxygen atoms in total. The molecule has 3 saturated heterocycles. The molecule has 4 rings (SSSR count). The summed E-state index contributed by atoms with van der Waals surface area (Å²) in [5.41, 5.74) is 0.863. The van der Waals surface area contributed by atoms with E-state index >= 15 is 0 Å². The number of carbonyl (C=O) groups is 2. The molecule has 3 aliphatic heterocycles. The predicted molar refractivity (Wildman–Crippen MR) is 91.0 cm³/mol. The first-order chi connectivity index (χ1) is 11.1. The van der Waals surface area contributed by atoms with Gasteiger partial charge < -0.3 is 15.1 Å². The lowest BCUT2D eigenvalue weighted by Gasteiger charge is -2.22. The van der Waals surface area contributed by atoms with E-state index in [4.69, 9.17) is 0 Å². The van der Waals surface area contributed by atoms with Crippen LogP contribution < -0.4 is 10.2 Å². The van der Waals surface area contributed by atoms with Gasteiger partial charge in [0.1, 0.15) is 0 Å². The van der Waals surface area contributed by atoms with Gasteiger partial charge in [-0.05, 0) is 30.0 Å². The maximum Gasteiger partial charge on any atom is 0.228 e. The molecule has 122 valence electrons. The van der Waals surface area contributed by atoms with E-state index in [-0.39, 0.29) is 17.7 Å². The van der Waals surface area contributed by atoms with Gasteiger partial charge in [-0.25, -0.2) is 0 Å². The third-order valence-electron chi connectivity index (χ3n) is 5.30. The molecule has 0 aliphatic carbocycles. The number of amides is 2. The van der Waals surface area contributed by atoms with Crippen molar-refractivity contribution in [1.29, 1.82) is 0 Å². The zero-order valence-electron chi connectivity index (χ0n) is 12.9. The average molecular weight is 378 g/mol. The molecule has 1 aromatic rings. The van der Waals surface area contributed by atoms with Crippen LogP contribution in [0.5, 0.6) is 0 Å². The minimum absolute atomic E-state index is 0.0440. The smallest absolute Gasteiger partial charge is 0.228 e. The summed E-state index contributed by atoms with van der Waals surface area (Å²) in [7, 11) is 0. The van der Waals surface area contributed by atoms with Crippen molar-refractivity contribution >= 4 is 33.4 Å². The van der Waals surface area contributed by atoms with Crippen LogP contribution in [-0.2, 0) is 9.59 Å². The zero-order valence-corrected chi connectivity index (χ0v) is 14.5. The summed E-state index contributed by atoms with van der Waals surface area (Å²) in [6, 6.07) is 7.69. The molecule has 1 N–H and O–H groups in total. The zero-order chi connectivity index (χ0) is 16.0. The molecule has 3 atom stereocenters. The van der Waals surface area contributed by atoms with Crippen molar-refractivity contribution in [2.24, 2.45) is 17.8 Å². The second-order valence-electron chi connectivity index (χ2n) is 6.81. The minimum atomic E-state index is -0.201. The summed E-state index contributed by atoms with van der Waals surface area (Å²) in [6.45, 7) is 4.22. The maximum absolute atomic E-state index is 12.8. The Hall–Kier alpha value is -1.40. The van der Waals surface area contributed by atoms with Crippen LogP contribution in [0, 0.1) is 17.8 Å². The molecule has 0 saturated carbocycles. The number of nitrogens with one attached hydrogen (secondary N) is 1. The highest BCUT2D eigenvalue weighted by molar-refractivity contribution is 9.10. The van der Waals surface area contributed by atoms with E-state index in [2.05, 4.69) is 21.2 Å². The average Bonchev–Trinajstić information content (AvgIpc) is 3.20. The lowest BCUT2D eigenvalue weighted by molar-refractivity contribution is -0.135. The Morgan fingerprint density at radius 3 is 2.61 bits per heavy atom. The fourth-order valence-electron chi connectivity index (χ4n) is 4.06. The van der Waals surface area contributed by atoms with Crippen LogP contribution >= 0.6 is 15.9 Å². The van der Waals surface area contributed by atoms with Gasteiger partial charge in [-0.1, -0.05) is 22.0 Å². The van der Waals surface area contributed by atoms with Crippen LogP contribution in [0.25, 0.3) is 0 Å². The first-order valence-electron chi connectivity index (χ1n) is 8.17. The summed E-state index contributed by atoms with van der Waals surface area (Å²) in [5.74, 6) is 1.19. The first kappa shape index (κ1) is 15.1. The number of hydrogen-bond donors (Lipinski definition) is 1. The molecular formula is C17H20BrN3O2. The van der Waals surface area contributed by atoms with Crippen LogP contribution in [0.3, 0.4) is 0 Å². The van der Waals surface area contributed by atoms with Crippen molar-refractivity contribution in [2.45, 2.75) is 6.42 Å². The van der Waals surface area contributed by atoms with Gasteiger partial charge in [0, 0.05) is 49.3 Å². The van der Waals surface area contributed by atoms with Crippen LogP contribution in [0.15, 0.2) is 28.7 Å². The van der Waals surface area contributed by atoms with Gasteiger partial charge in [-0.3, -0.25) is 9.59 Å². The second kappa shape index (κ2) is 5.91. The monoisotopic (exact) mass is 377 g/mol. The molecule has 6 heteroatoms. The topological polar surface area (TPSA) is 52.7 Å². The molecule has 23 heavy (non-hydrogen) atoms. The van der Waals surface area contributed by atoms with Crippen molar-refractivity contribution in [3.05, 3.63) is 28.7 Å². The van der Waals surface area contributed by atoms with Crippen LogP contribution in [-0.4, -0.2) is 49.4 Å². The quantitative estimate of drug-likeness (QED) is 0.849. The van der Waals surface area contributed by atoms with Crippen LogP contribution in [0.4, 0.5) is 5.69 Å². The van der Waals surface area contributed by atoms with Gasteiger partial charge >= 0.3 is 0 Å². The summed E-state index contributed by atoms with van der Waals surface area (Å²) < 4.78 is 0.942. The van der Waals surface area contributed by atoms with Gasteiger partial charge in [0.25, 0.3) is 0 Å². The first-order valence-corrected chi connectivity index (χ1v) is 8.96. The molecular weight excluding hydrogens is 358 g/mol. The summed E-state index contributed by atoms with van der Waals surface area (Å²) in [5, 5.41) is 3.39. The highest BCUT2D eigenvalue weighted by Crippen LogP contribution is 2.31. The van der Waals surface area contributed by atoms with E-state index in [0.29, 0.717) is 24.8 Å². The van der Waals surface area contributed by atoms with Gasteiger partial charge in [-0.15, -0.1) is 0 Å². The van der Waals surface area contributed by atoms with Crippen molar-refractivity contribution in [3.8, 4) is 0 Å². The summed E-state index contributed by atoms with van der Waals surface area (Å²) in [4.78, 5) is 28.9. The summed E-state index contributed by atoms with van der Waals surface area (Å²) in [6.07, 6.45) is 0.329. The lowest BCUT2D eigenvalue weighted by Crippen LogP contribution is -2.37. The van der Waals surface area contributed by atoms with E-state index in [0.717, 1.165) is 36.3 Å². The lowest BCUT2D eigenvalue weighted by atomic mass is 10.0. The molecule has 2 amide bonds. The molecule has 0 radical (unpaired) electrons. The molecule has 1 aromatic carbocycles. The molecule has 0 aromatic heterocycles. The Bertz CT molecular complexity index is 638. The SMILES string of the molecule is O=C(C1CC(=O)N(c2cccc(Br)c2)C1)N1C[C@H]2CNC[C@H]2C1. The molecule has 0 spiro atoms. The number of fused-ring (bicyclic) bond motifs is 1. The van der Waals surface area contributed by atoms with E-state index in [1.54, 1.807) is 4.90 Å². The van der Waals surface area contributed by atoms with Crippen LogP contribution in [0.2, 0.25) is 0 Å². The Balaban J connectivity index is 1.45. The summed E-state index contributed by atoms with van der Waals surface area (Å²) >= 11 is 3.44. The predicted octanol–water partition coefficient (Wildman–Crippen LogP) is 1.48. The van der Waals surface area contributed by atoms with Gasteiger partial charge in [0.2, 0.25) is 11.8 Å². The normalized spacial score (nSPS) is 30.1. The van der Waals surface area contributed by atoms with Gasteiger partial charge in [-0.2, -0.15) is 0 Å². The van der Waals surface area contributed by atoms with E-state index in [1.165, 1.54) is 0 Å². The number of hydrogen-bond acceptors (Lipinski definition) is 3. The molecule has 3 aliphatic rings. The van der Waals surface area contributed by atoms with Crippen molar-refractivity contribution < 1.29 is 9.59 Å². The number of rotatable bonds is 2. The fourth-order valence-corrected chi connectivity index (χ4v) is 4.45. The molecule has 1 unspecified atom stereocenters. The Morgan fingerprint density at radius 1 is 1.17 bits per heavy atom. The third-order valence-corrected chi connectivity index (χ3v) is 5.79. The number of anilines is 1. The molecule has 3 heterocycles. The maximum atomic E-state index is 12.8. The van der Waals surface area contributed by atoms with Crippen LogP contribution in [0.1, 0.15) is 6.42 Å². The highest BCUT2D eigenvalue weighted by Gasteiger charge is 2.43. The number of carbonyl (C=O) groups excluding carboxylic acids is 2. The molecule has 0 bridgehead atoms. The largest absolute Gasteiger partial charge is 0.342 e. The fraction of sp³-hybridized carbons (Fsp3) is 0.529. The Labute approximate surface area is 144 Å². The molecule has 3 fully saturated rings. The van der Waals surface area contributed by atoms with Crippen molar-refractivity contribution in [3.63, 3.8) is 0 Å². The standard InChI is InChI=1S/C17H20BrN3O2/c18-14-2-1-3-15(5-14)21-10-11(4-16(21)22)17(23)20-8-12-6-19-7-13(12)9-20/h1-3,5,11-13,19H,4,6-10H2/t11?,12-,13+. The van der Waals surface area contributed by atoms with Crippen molar-refractivity contribution in [1.82, 2.24) is 10.2 Å². The van der Waals surface area contributed by atoms with Crippen molar-refractivity contribution in [2.75, 3.05) is 37.6 Å². The number of nitrogens with zero attached hydrogens (tertiary/aromatic N) is 2. The third kappa shape index (κ3) is 2.78. The van der Waals surface area contributed by atoms with E-state index in [1.807, 2.05) is 29.2 Å². The van der Waals surface area contributed by atoms with E-state index < -0.39 is 0 Å². The Morgan fingerprint density at radius 2 is 1.91 bits per heavy atom. The van der Waals surface area contributed by atoms with Gasteiger partial charge in [0.05, 0.1) is 5.92 Å². The number of benzene rings is 1. The number of halogens is 1.